The van der Waals surface area contributed by atoms with E-state index in [0.29, 0.717) is 12.8 Å². The lowest BCUT2D eigenvalue weighted by molar-refractivity contribution is -0.126. The molecule has 8 heteroatoms. The number of carbonyl (C=O) groups is 2. The standard InChI is InChI=1S/C9H17N3O4S/c10-7(4-8(11)13)9(14)12-5-6-2-1-3-17(6,15)16/h6-7H,1-5,10H2,(H2,11,13)(H,12,14). The van der Waals surface area contributed by atoms with Crippen molar-refractivity contribution < 1.29 is 18.0 Å². The first-order valence-electron chi connectivity index (χ1n) is 5.36. The van der Waals surface area contributed by atoms with Gasteiger partial charge in [-0.25, -0.2) is 8.42 Å². The summed E-state index contributed by atoms with van der Waals surface area (Å²) in [5.74, 6) is -1.05. The maximum absolute atomic E-state index is 11.5. The average Bonchev–Trinajstić information content (AvgIpc) is 2.53. The van der Waals surface area contributed by atoms with E-state index in [2.05, 4.69) is 5.32 Å². The van der Waals surface area contributed by atoms with Crippen LogP contribution in [-0.2, 0) is 19.4 Å². The summed E-state index contributed by atoms with van der Waals surface area (Å²) >= 11 is 0. The molecule has 1 rings (SSSR count). The van der Waals surface area contributed by atoms with Crippen LogP contribution in [0, 0.1) is 0 Å². The van der Waals surface area contributed by atoms with Gasteiger partial charge in [-0.2, -0.15) is 0 Å². The average molecular weight is 263 g/mol. The van der Waals surface area contributed by atoms with Crippen LogP contribution in [0.25, 0.3) is 0 Å². The topological polar surface area (TPSA) is 132 Å². The lowest BCUT2D eigenvalue weighted by Crippen LogP contribution is -2.45. The fraction of sp³-hybridized carbons (Fsp3) is 0.778. The first-order valence-corrected chi connectivity index (χ1v) is 7.07. The smallest absolute Gasteiger partial charge is 0.237 e. The zero-order valence-corrected chi connectivity index (χ0v) is 10.2. The minimum Gasteiger partial charge on any atom is -0.370 e. The molecule has 98 valence electrons. The highest BCUT2D eigenvalue weighted by Gasteiger charge is 2.31. The van der Waals surface area contributed by atoms with Crippen molar-refractivity contribution in [2.75, 3.05) is 12.3 Å². The molecule has 1 aliphatic heterocycles. The first kappa shape index (κ1) is 13.9. The number of carbonyl (C=O) groups excluding carboxylic acids is 2. The van der Waals surface area contributed by atoms with Crippen LogP contribution in [0.3, 0.4) is 0 Å². The molecular formula is C9H17N3O4S. The fourth-order valence-electron chi connectivity index (χ4n) is 1.74. The summed E-state index contributed by atoms with van der Waals surface area (Å²) in [6, 6.07) is -1.02. The first-order chi connectivity index (χ1) is 7.83. The van der Waals surface area contributed by atoms with Crippen molar-refractivity contribution in [3.63, 3.8) is 0 Å². The van der Waals surface area contributed by atoms with E-state index >= 15 is 0 Å². The third kappa shape index (κ3) is 3.97. The molecule has 17 heavy (non-hydrogen) atoms. The molecule has 2 amide bonds. The van der Waals surface area contributed by atoms with Gasteiger partial charge in [-0.1, -0.05) is 0 Å². The number of hydrogen-bond donors (Lipinski definition) is 3. The Bertz CT molecular complexity index is 406. The highest BCUT2D eigenvalue weighted by Crippen LogP contribution is 2.18. The summed E-state index contributed by atoms with van der Waals surface area (Å²) in [5.41, 5.74) is 10.3. The Morgan fingerprint density at radius 3 is 2.53 bits per heavy atom. The van der Waals surface area contributed by atoms with Gasteiger partial charge >= 0.3 is 0 Å². The van der Waals surface area contributed by atoms with E-state index in [9.17, 15) is 18.0 Å². The van der Waals surface area contributed by atoms with E-state index < -0.39 is 32.9 Å². The molecule has 0 aliphatic carbocycles. The molecule has 0 bridgehead atoms. The molecular weight excluding hydrogens is 246 g/mol. The Morgan fingerprint density at radius 2 is 2.06 bits per heavy atom. The quantitative estimate of drug-likeness (QED) is 0.522. The number of hydrogen-bond acceptors (Lipinski definition) is 5. The van der Waals surface area contributed by atoms with Crippen LogP contribution >= 0.6 is 0 Å². The minimum atomic E-state index is -3.08. The third-order valence-electron chi connectivity index (χ3n) is 2.72. The third-order valence-corrected chi connectivity index (χ3v) is 5.00. The summed E-state index contributed by atoms with van der Waals surface area (Å²) in [4.78, 5) is 22.0. The van der Waals surface area contributed by atoms with Crippen molar-refractivity contribution in [1.29, 1.82) is 0 Å². The predicted molar refractivity (Wildman–Crippen MR) is 61.6 cm³/mol. The number of nitrogens with two attached hydrogens (primary N) is 2. The molecule has 1 aliphatic rings. The number of primary amides is 1. The Labute approximate surface area is 99.8 Å². The van der Waals surface area contributed by atoms with Gasteiger partial charge in [0.2, 0.25) is 11.8 Å². The van der Waals surface area contributed by atoms with Crippen LogP contribution in [0.5, 0.6) is 0 Å². The molecule has 1 saturated heterocycles. The van der Waals surface area contributed by atoms with Gasteiger partial charge in [0.05, 0.1) is 23.5 Å². The van der Waals surface area contributed by atoms with Crippen LogP contribution in [-0.4, -0.2) is 43.8 Å². The van der Waals surface area contributed by atoms with Gasteiger partial charge in [-0.05, 0) is 12.8 Å². The van der Waals surface area contributed by atoms with Crippen molar-refractivity contribution in [3.05, 3.63) is 0 Å². The summed E-state index contributed by atoms with van der Waals surface area (Å²) in [6.07, 6.45) is 0.924. The summed E-state index contributed by atoms with van der Waals surface area (Å²) < 4.78 is 22.9. The van der Waals surface area contributed by atoms with E-state index in [1.54, 1.807) is 0 Å². The van der Waals surface area contributed by atoms with Gasteiger partial charge in [0.15, 0.2) is 9.84 Å². The second-order valence-corrected chi connectivity index (χ2v) is 6.55. The summed E-state index contributed by atoms with van der Waals surface area (Å²) in [6.45, 7) is 0.0492. The highest BCUT2D eigenvalue weighted by atomic mass is 32.2. The fourth-order valence-corrected chi connectivity index (χ4v) is 3.51. The van der Waals surface area contributed by atoms with Gasteiger partial charge in [0.1, 0.15) is 0 Å². The Hall–Kier alpha value is -1.15. The van der Waals surface area contributed by atoms with Crippen molar-refractivity contribution in [2.24, 2.45) is 11.5 Å². The number of nitrogens with one attached hydrogen (secondary N) is 1. The van der Waals surface area contributed by atoms with Gasteiger partial charge in [-0.15, -0.1) is 0 Å². The van der Waals surface area contributed by atoms with Gasteiger partial charge in [-0.3, -0.25) is 9.59 Å². The second-order valence-electron chi connectivity index (χ2n) is 4.15. The molecule has 0 aromatic rings. The lowest BCUT2D eigenvalue weighted by atomic mass is 10.2. The van der Waals surface area contributed by atoms with Crippen LogP contribution in [0.15, 0.2) is 0 Å². The Balaban J connectivity index is 2.41. The van der Waals surface area contributed by atoms with Crippen LogP contribution in [0.2, 0.25) is 0 Å². The van der Waals surface area contributed by atoms with Gasteiger partial charge in [0, 0.05) is 6.54 Å². The Kier molecular flexibility index (Phi) is 4.47. The van der Waals surface area contributed by atoms with Crippen molar-refractivity contribution in [1.82, 2.24) is 5.32 Å². The van der Waals surface area contributed by atoms with Gasteiger partial charge in [0.25, 0.3) is 0 Å². The zero-order chi connectivity index (χ0) is 13.1. The van der Waals surface area contributed by atoms with E-state index in [-0.39, 0.29) is 18.7 Å². The molecule has 0 aromatic carbocycles. The molecule has 0 spiro atoms. The summed E-state index contributed by atoms with van der Waals surface area (Å²) in [5, 5.41) is 1.90. The lowest BCUT2D eigenvalue weighted by Gasteiger charge is -2.13. The zero-order valence-electron chi connectivity index (χ0n) is 9.39. The molecule has 1 heterocycles. The normalized spacial score (nSPS) is 24.2. The van der Waals surface area contributed by atoms with Gasteiger partial charge < -0.3 is 16.8 Å². The second kappa shape index (κ2) is 5.46. The van der Waals surface area contributed by atoms with Crippen molar-refractivity contribution in [2.45, 2.75) is 30.6 Å². The molecule has 0 radical (unpaired) electrons. The largest absolute Gasteiger partial charge is 0.370 e. The van der Waals surface area contributed by atoms with E-state index in [4.69, 9.17) is 11.5 Å². The molecule has 0 aromatic heterocycles. The van der Waals surface area contributed by atoms with Crippen LogP contribution in [0.4, 0.5) is 0 Å². The number of amides is 2. The summed E-state index contributed by atoms with van der Waals surface area (Å²) in [7, 11) is -3.08. The molecule has 2 atom stereocenters. The Morgan fingerprint density at radius 1 is 1.41 bits per heavy atom. The molecule has 5 N–H and O–H groups in total. The SMILES string of the molecule is NC(=O)CC(N)C(=O)NCC1CCCS1(=O)=O. The van der Waals surface area contributed by atoms with E-state index in [1.165, 1.54) is 0 Å². The molecule has 2 unspecified atom stereocenters. The number of sulfone groups is 1. The van der Waals surface area contributed by atoms with Crippen LogP contribution in [0.1, 0.15) is 19.3 Å². The predicted octanol–water partition coefficient (Wildman–Crippen LogP) is -2.12. The maximum Gasteiger partial charge on any atom is 0.237 e. The van der Waals surface area contributed by atoms with Crippen molar-refractivity contribution >= 4 is 21.7 Å². The molecule has 1 fully saturated rings. The highest BCUT2D eigenvalue weighted by molar-refractivity contribution is 7.92. The number of rotatable bonds is 5. The van der Waals surface area contributed by atoms with Crippen molar-refractivity contribution in [3.8, 4) is 0 Å². The maximum atomic E-state index is 11.5. The molecule has 0 saturated carbocycles. The monoisotopic (exact) mass is 263 g/mol. The van der Waals surface area contributed by atoms with Crippen LogP contribution < -0.4 is 16.8 Å². The minimum absolute atomic E-state index is 0.0492. The molecule has 7 nitrogen and oxygen atoms in total. The van der Waals surface area contributed by atoms with E-state index in [0.717, 1.165) is 0 Å². The van der Waals surface area contributed by atoms with E-state index in [1.807, 2.05) is 0 Å².